The highest BCUT2D eigenvalue weighted by atomic mass is 35.5. The van der Waals surface area contributed by atoms with Gasteiger partial charge in [0.2, 0.25) is 0 Å². The maximum Gasteiger partial charge on any atom is 0.138 e. The summed E-state index contributed by atoms with van der Waals surface area (Å²) in [5.41, 5.74) is 7.22. The summed E-state index contributed by atoms with van der Waals surface area (Å²) < 4.78 is 5.70. The molecule has 0 bridgehead atoms. The van der Waals surface area contributed by atoms with Crippen molar-refractivity contribution in [1.82, 2.24) is 9.80 Å². The number of ether oxygens (including phenoxy) is 1. The van der Waals surface area contributed by atoms with Gasteiger partial charge in [-0.1, -0.05) is 24.6 Å². The van der Waals surface area contributed by atoms with Gasteiger partial charge in [-0.3, -0.25) is 4.90 Å². The molecule has 0 spiro atoms. The summed E-state index contributed by atoms with van der Waals surface area (Å²) in [5, 5.41) is 0.664. The molecule has 124 valence electrons. The van der Waals surface area contributed by atoms with E-state index in [0.717, 1.165) is 38.5 Å². The number of halogens is 1. The first kappa shape index (κ1) is 17.5. The number of nitrogens with two attached hydrogens (primary N) is 1. The molecule has 0 saturated carbocycles. The lowest BCUT2D eigenvalue weighted by atomic mass is 10.0. The van der Waals surface area contributed by atoms with Crippen molar-refractivity contribution in [2.45, 2.75) is 32.9 Å². The summed E-state index contributed by atoms with van der Waals surface area (Å²) in [7, 11) is 0. The molecule has 22 heavy (non-hydrogen) atoms. The lowest BCUT2D eigenvalue weighted by Crippen LogP contribution is -2.48. The van der Waals surface area contributed by atoms with Gasteiger partial charge in [0.05, 0.1) is 11.1 Å². The van der Waals surface area contributed by atoms with E-state index in [0.29, 0.717) is 11.6 Å². The monoisotopic (exact) mass is 325 g/mol. The molecule has 4 nitrogen and oxygen atoms in total. The van der Waals surface area contributed by atoms with Crippen molar-refractivity contribution in [3.63, 3.8) is 0 Å². The molecular weight excluding hydrogens is 298 g/mol. The number of likely N-dealkylation sites (N-methyl/N-ethyl adjacent to an activating group) is 1. The summed E-state index contributed by atoms with van der Waals surface area (Å²) >= 11 is 6.37. The van der Waals surface area contributed by atoms with E-state index in [1.54, 1.807) is 0 Å². The zero-order chi connectivity index (χ0) is 16.1. The van der Waals surface area contributed by atoms with Crippen LogP contribution in [0, 0.1) is 0 Å². The molecule has 1 aliphatic heterocycles. The molecule has 2 rings (SSSR count). The number of hydrogen-bond acceptors (Lipinski definition) is 4. The Morgan fingerprint density at radius 3 is 2.41 bits per heavy atom. The Morgan fingerprint density at radius 2 is 1.91 bits per heavy atom. The van der Waals surface area contributed by atoms with Crippen molar-refractivity contribution in [2.75, 3.05) is 39.3 Å². The van der Waals surface area contributed by atoms with Gasteiger partial charge in [-0.25, -0.2) is 0 Å². The summed E-state index contributed by atoms with van der Waals surface area (Å²) in [6, 6.07) is 6.28. The van der Waals surface area contributed by atoms with Crippen LogP contribution in [0.4, 0.5) is 0 Å². The smallest absolute Gasteiger partial charge is 0.138 e. The Hall–Kier alpha value is -0.810. The fraction of sp³-hybridized carbons (Fsp3) is 0.647. The highest BCUT2D eigenvalue weighted by Gasteiger charge is 2.24. The summed E-state index contributed by atoms with van der Waals surface area (Å²) in [6.07, 6.45) is 0.121. The SMILES string of the molecule is CCN1CCN(C(CN)c2ccc(OC(C)C)c(Cl)c2)CC1. The van der Waals surface area contributed by atoms with E-state index in [9.17, 15) is 0 Å². The van der Waals surface area contributed by atoms with Crippen LogP contribution in [0.2, 0.25) is 5.02 Å². The van der Waals surface area contributed by atoms with Gasteiger partial charge < -0.3 is 15.4 Å². The van der Waals surface area contributed by atoms with Crippen molar-refractivity contribution in [3.05, 3.63) is 28.8 Å². The second-order valence-corrected chi connectivity index (χ2v) is 6.49. The quantitative estimate of drug-likeness (QED) is 0.873. The molecule has 5 heteroatoms. The standard InChI is InChI=1S/C17H28ClN3O/c1-4-20-7-9-21(10-8-20)16(12-19)14-5-6-17(15(18)11-14)22-13(2)3/h5-6,11,13,16H,4,7-10,12,19H2,1-3H3. The van der Waals surface area contributed by atoms with Gasteiger partial charge in [0.15, 0.2) is 0 Å². The molecule has 0 radical (unpaired) electrons. The molecule has 1 saturated heterocycles. The third-order valence-electron chi connectivity index (χ3n) is 4.22. The topological polar surface area (TPSA) is 41.7 Å². The molecule has 1 aromatic rings. The van der Waals surface area contributed by atoms with Crippen molar-refractivity contribution < 1.29 is 4.74 Å². The van der Waals surface area contributed by atoms with Crippen LogP contribution in [-0.2, 0) is 0 Å². The fourth-order valence-electron chi connectivity index (χ4n) is 2.96. The number of nitrogens with zero attached hydrogens (tertiary/aromatic N) is 2. The first-order valence-corrected chi connectivity index (χ1v) is 8.55. The Kier molecular flexibility index (Phi) is 6.50. The number of rotatable bonds is 6. The first-order valence-electron chi connectivity index (χ1n) is 8.17. The van der Waals surface area contributed by atoms with Crippen LogP contribution in [0.3, 0.4) is 0 Å². The van der Waals surface area contributed by atoms with Crippen LogP contribution < -0.4 is 10.5 Å². The highest BCUT2D eigenvalue weighted by molar-refractivity contribution is 6.32. The van der Waals surface area contributed by atoms with Crippen LogP contribution in [-0.4, -0.2) is 55.2 Å². The van der Waals surface area contributed by atoms with Crippen LogP contribution >= 0.6 is 11.6 Å². The molecule has 0 aliphatic carbocycles. The second kappa shape index (κ2) is 8.16. The van der Waals surface area contributed by atoms with E-state index in [1.165, 1.54) is 5.56 Å². The zero-order valence-corrected chi connectivity index (χ0v) is 14.6. The van der Waals surface area contributed by atoms with E-state index in [-0.39, 0.29) is 12.1 Å². The normalized spacial score (nSPS) is 18.6. The zero-order valence-electron chi connectivity index (χ0n) is 13.9. The molecule has 0 aromatic heterocycles. The predicted molar refractivity (Wildman–Crippen MR) is 92.7 cm³/mol. The highest BCUT2D eigenvalue weighted by Crippen LogP contribution is 2.30. The number of hydrogen-bond donors (Lipinski definition) is 1. The Balaban J connectivity index is 2.09. The lowest BCUT2D eigenvalue weighted by molar-refractivity contribution is 0.102. The molecule has 1 fully saturated rings. The van der Waals surface area contributed by atoms with E-state index >= 15 is 0 Å². The summed E-state index contributed by atoms with van der Waals surface area (Å²) in [4.78, 5) is 4.93. The van der Waals surface area contributed by atoms with Crippen LogP contribution in [0.1, 0.15) is 32.4 Å². The molecule has 1 atom stereocenters. The number of piperazine rings is 1. The van der Waals surface area contributed by atoms with Crippen molar-refractivity contribution in [3.8, 4) is 5.75 Å². The van der Waals surface area contributed by atoms with Crippen molar-refractivity contribution in [2.24, 2.45) is 5.73 Å². The van der Waals surface area contributed by atoms with Gasteiger partial charge in [-0.05, 0) is 38.1 Å². The van der Waals surface area contributed by atoms with Crippen LogP contribution in [0.15, 0.2) is 18.2 Å². The van der Waals surface area contributed by atoms with E-state index in [1.807, 2.05) is 26.0 Å². The van der Waals surface area contributed by atoms with Crippen LogP contribution in [0.25, 0.3) is 0 Å². The van der Waals surface area contributed by atoms with Gasteiger partial charge >= 0.3 is 0 Å². The Labute approximate surface area is 139 Å². The molecular formula is C17H28ClN3O. The van der Waals surface area contributed by atoms with Crippen LogP contribution in [0.5, 0.6) is 5.75 Å². The molecule has 1 unspecified atom stereocenters. The average molecular weight is 326 g/mol. The molecule has 0 amide bonds. The van der Waals surface area contributed by atoms with Crippen molar-refractivity contribution >= 4 is 11.6 Å². The summed E-state index contributed by atoms with van der Waals surface area (Å²) in [6.45, 7) is 12.3. The Bertz CT molecular complexity index is 473. The molecule has 2 N–H and O–H groups in total. The maximum absolute atomic E-state index is 6.37. The van der Waals surface area contributed by atoms with Gasteiger partial charge in [0.1, 0.15) is 5.75 Å². The average Bonchev–Trinajstić information content (AvgIpc) is 2.51. The van der Waals surface area contributed by atoms with E-state index in [2.05, 4.69) is 22.8 Å². The van der Waals surface area contributed by atoms with E-state index in [4.69, 9.17) is 22.1 Å². The lowest BCUT2D eigenvalue weighted by Gasteiger charge is -2.38. The minimum atomic E-state index is 0.121. The number of benzene rings is 1. The van der Waals surface area contributed by atoms with Gasteiger partial charge in [0, 0.05) is 38.8 Å². The van der Waals surface area contributed by atoms with Gasteiger partial charge in [0.25, 0.3) is 0 Å². The fourth-order valence-corrected chi connectivity index (χ4v) is 3.19. The minimum absolute atomic E-state index is 0.121. The third kappa shape index (κ3) is 4.35. The molecule has 1 heterocycles. The Morgan fingerprint density at radius 1 is 1.23 bits per heavy atom. The minimum Gasteiger partial charge on any atom is -0.489 e. The maximum atomic E-state index is 6.37. The predicted octanol–water partition coefficient (Wildman–Crippen LogP) is 2.76. The van der Waals surface area contributed by atoms with Gasteiger partial charge in [-0.2, -0.15) is 0 Å². The van der Waals surface area contributed by atoms with Gasteiger partial charge in [-0.15, -0.1) is 0 Å². The van der Waals surface area contributed by atoms with Crippen molar-refractivity contribution in [1.29, 1.82) is 0 Å². The second-order valence-electron chi connectivity index (χ2n) is 6.08. The molecule has 1 aliphatic rings. The summed E-state index contributed by atoms with van der Waals surface area (Å²) in [5.74, 6) is 0.743. The third-order valence-corrected chi connectivity index (χ3v) is 4.52. The largest absolute Gasteiger partial charge is 0.489 e. The van der Waals surface area contributed by atoms with E-state index < -0.39 is 0 Å². The first-order chi connectivity index (χ1) is 10.5. The molecule has 1 aromatic carbocycles.